The van der Waals surface area contributed by atoms with Crippen molar-refractivity contribution in [3.8, 4) is 5.75 Å². The van der Waals surface area contributed by atoms with Crippen LogP contribution in [-0.4, -0.2) is 50.8 Å². The fourth-order valence-electron chi connectivity index (χ4n) is 3.66. The van der Waals surface area contributed by atoms with Crippen molar-refractivity contribution in [3.05, 3.63) is 29.8 Å². The second-order valence-corrected chi connectivity index (χ2v) is 6.95. The molecule has 2 fully saturated rings. The van der Waals surface area contributed by atoms with E-state index in [1.165, 1.54) is 7.11 Å². The topological polar surface area (TPSA) is 67.9 Å². The van der Waals surface area contributed by atoms with Crippen LogP contribution in [-0.2, 0) is 14.9 Å². The van der Waals surface area contributed by atoms with E-state index in [4.69, 9.17) is 9.47 Å². The van der Waals surface area contributed by atoms with Gasteiger partial charge in [-0.05, 0) is 31.7 Å². The van der Waals surface area contributed by atoms with E-state index in [1.54, 1.807) is 12.0 Å². The summed E-state index contributed by atoms with van der Waals surface area (Å²) in [5.41, 5.74) is 1.15. The van der Waals surface area contributed by atoms with Crippen molar-refractivity contribution in [1.82, 2.24) is 10.2 Å². The Labute approximate surface area is 148 Å². The summed E-state index contributed by atoms with van der Waals surface area (Å²) in [6.07, 6.45) is 3.37. The van der Waals surface area contributed by atoms with Crippen molar-refractivity contribution in [2.45, 2.75) is 31.1 Å². The molecule has 1 heterocycles. The molecule has 1 aliphatic carbocycles. The first-order valence-electron chi connectivity index (χ1n) is 8.84. The van der Waals surface area contributed by atoms with Crippen LogP contribution in [0.2, 0.25) is 0 Å². The van der Waals surface area contributed by atoms with Gasteiger partial charge in [-0.3, -0.25) is 4.79 Å². The third-order valence-electron chi connectivity index (χ3n) is 5.36. The summed E-state index contributed by atoms with van der Waals surface area (Å²) < 4.78 is 10.2. The van der Waals surface area contributed by atoms with E-state index in [0.29, 0.717) is 19.6 Å². The quantitative estimate of drug-likeness (QED) is 0.888. The van der Waals surface area contributed by atoms with Crippen molar-refractivity contribution in [2.75, 3.05) is 33.9 Å². The van der Waals surface area contributed by atoms with E-state index in [9.17, 15) is 9.59 Å². The third kappa shape index (κ3) is 3.72. The Morgan fingerprint density at radius 3 is 2.72 bits per heavy atom. The molecule has 6 nitrogen and oxygen atoms in total. The molecule has 3 rings (SSSR count). The second-order valence-electron chi connectivity index (χ2n) is 6.95. The maximum absolute atomic E-state index is 12.6. The Morgan fingerprint density at radius 2 is 2.04 bits per heavy atom. The zero-order valence-corrected chi connectivity index (χ0v) is 14.9. The molecular formula is C19H26N2O4. The number of para-hydroxylation sites is 1. The molecule has 2 aliphatic rings. The van der Waals surface area contributed by atoms with Crippen LogP contribution >= 0.6 is 0 Å². The number of hydrogen-bond acceptors (Lipinski definition) is 4. The lowest BCUT2D eigenvalue weighted by Crippen LogP contribution is -2.46. The smallest absolute Gasteiger partial charge is 0.409 e. The van der Waals surface area contributed by atoms with Crippen LogP contribution in [0.1, 0.15) is 31.2 Å². The van der Waals surface area contributed by atoms with E-state index in [-0.39, 0.29) is 23.3 Å². The lowest BCUT2D eigenvalue weighted by atomic mass is 9.93. The summed E-state index contributed by atoms with van der Waals surface area (Å²) in [5.74, 6) is 0.736. The van der Waals surface area contributed by atoms with Gasteiger partial charge >= 0.3 is 6.09 Å². The SMILES string of the molecule is COC(=O)N1CCC[C@H](C(=O)NCC2(c3ccccc3OC)CC2)C1. The summed E-state index contributed by atoms with van der Waals surface area (Å²) in [5, 5.41) is 3.11. The molecular weight excluding hydrogens is 320 g/mol. The molecule has 1 aromatic rings. The molecule has 0 bridgehead atoms. The predicted molar refractivity (Wildman–Crippen MR) is 93.6 cm³/mol. The molecule has 1 atom stereocenters. The fourth-order valence-corrected chi connectivity index (χ4v) is 3.66. The van der Waals surface area contributed by atoms with Gasteiger partial charge in [0.05, 0.1) is 20.1 Å². The second kappa shape index (κ2) is 7.33. The van der Waals surface area contributed by atoms with Crippen molar-refractivity contribution >= 4 is 12.0 Å². The number of rotatable bonds is 5. The maximum atomic E-state index is 12.6. The Balaban J connectivity index is 1.60. The Hall–Kier alpha value is -2.24. The van der Waals surface area contributed by atoms with Crippen molar-refractivity contribution in [1.29, 1.82) is 0 Å². The first-order chi connectivity index (χ1) is 12.1. The lowest BCUT2D eigenvalue weighted by Gasteiger charge is -2.31. The van der Waals surface area contributed by atoms with E-state index in [0.717, 1.165) is 37.0 Å². The van der Waals surface area contributed by atoms with E-state index in [1.807, 2.05) is 18.2 Å². The lowest BCUT2D eigenvalue weighted by molar-refractivity contribution is -0.126. The number of nitrogens with one attached hydrogen (secondary N) is 1. The van der Waals surface area contributed by atoms with Gasteiger partial charge in [0.25, 0.3) is 0 Å². The Bertz CT molecular complexity index is 642. The minimum absolute atomic E-state index is 0.0149. The molecule has 25 heavy (non-hydrogen) atoms. The fraction of sp³-hybridized carbons (Fsp3) is 0.579. The summed E-state index contributed by atoms with van der Waals surface area (Å²) in [6.45, 7) is 1.70. The number of carbonyl (C=O) groups is 2. The normalized spacial score (nSPS) is 21.4. The number of piperidine rings is 1. The van der Waals surface area contributed by atoms with Crippen LogP contribution in [0.15, 0.2) is 24.3 Å². The molecule has 0 unspecified atom stereocenters. The van der Waals surface area contributed by atoms with E-state index < -0.39 is 0 Å². The van der Waals surface area contributed by atoms with Crippen molar-refractivity contribution in [2.24, 2.45) is 5.92 Å². The van der Waals surface area contributed by atoms with Gasteiger partial charge in [0.1, 0.15) is 5.75 Å². The molecule has 2 amide bonds. The minimum Gasteiger partial charge on any atom is -0.496 e. The average Bonchev–Trinajstić information content (AvgIpc) is 3.46. The molecule has 1 aliphatic heterocycles. The average molecular weight is 346 g/mol. The number of hydrogen-bond donors (Lipinski definition) is 1. The third-order valence-corrected chi connectivity index (χ3v) is 5.36. The largest absolute Gasteiger partial charge is 0.496 e. The number of carbonyl (C=O) groups excluding carboxylic acids is 2. The molecule has 0 radical (unpaired) electrons. The highest BCUT2D eigenvalue weighted by Gasteiger charge is 2.46. The van der Waals surface area contributed by atoms with Crippen LogP contribution < -0.4 is 10.1 Å². The highest BCUT2D eigenvalue weighted by Crippen LogP contribution is 2.50. The van der Waals surface area contributed by atoms with Gasteiger partial charge < -0.3 is 19.7 Å². The summed E-state index contributed by atoms with van der Waals surface area (Å²) >= 11 is 0. The van der Waals surface area contributed by atoms with E-state index >= 15 is 0 Å². The van der Waals surface area contributed by atoms with E-state index in [2.05, 4.69) is 11.4 Å². The summed E-state index contributed by atoms with van der Waals surface area (Å²) in [7, 11) is 3.05. The number of methoxy groups -OCH3 is 2. The number of benzene rings is 1. The van der Waals surface area contributed by atoms with Gasteiger partial charge in [0.2, 0.25) is 5.91 Å². The number of amides is 2. The maximum Gasteiger partial charge on any atom is 0.409 e. The summed E-state index contributed by atoms with van der Waals surface area (Å²) in [6, 6.07) is 8.01. The Kier molecular flexibility index (Phi) is 5.16. The number of ether oxygens (including phenoxy) is 2. The summed E-state index contributed by atoms with van der Waals surface area (Å²) in [4.78, 5) is 25.9. The first kappa shape index (κ1) is 17.6. The number of nitrogens with zero attached hydrogens (tertiary/aromatic N) is 1. The monoisotopic (exact) mass is 346 g/mol. The predicted octanol–water partition coefficient (Wildman–Crippen LogP) is 2.32. The highest BCUT2D eigenvalue weighted by molar-refractivity contribution is 5.80. The zero-order chi connectivity index (χ0) is 17.9. The van der Waals surface area contributed by atoms with Crippen molar-refractivity contribution in [3.63, 3.8) is 0 Å². The van der Waals surface area contributed by atoms with Crippen LogP contribution in [0.25, 0.3) is 0 Å². The van der Waals surface area contributed by atoms with Crippen LogP contribution in [0.3, 0.4) is 0 Å². The minimum atomic E-state index is -0.356. The van der Waals surface area contributed by atoms with Gasteiger partial charge in [0, 0.05) is 30.6 Å². The molecule has 1 N–H and O–H groups in total. The molecule has 1 aromatic carbocycles. The van der Waals surface area contributed by atoms with Crippen LogP contribution in [0, 0.1) is 5.92 Å². The van der Waals surface area contributed by atoms with Gasteiger partial charge in [-0.25, -0.2) is 4.79 Å². The van der Waals surface area contributed by atoms with Crippen LogP contribution in [0.5, 0.6) is 5.75 Å². The van der Waals surface area contributed by atoms with Gasteiger partial charge in [-0.2, -0.15) is 0 Å². The molecule has 136 valence electrons. The van der Waals surface area contributed by atoms with Crippen molar-refractivity contribution < 1.29 is 19.1 Å². The van der Waals surface area contributed by atoms with Crippen LogP contribution in [0.4, 0.5) is 4.79 Å². The first-order valence-corrected chi connectivity index (χ1v) is 8.84. The van der Waals surface area contributed by atoms with Gasteiger partial charge in [0.15, 0.2) is 0 Å². The number of likely N-dealkylation sites (tertiary alicyclic amines) is 1. The Morgan fingerprint density at radius 1 is 1.28 bits per heavy atom. The molecule has 6 heteroatoms. The van der Waals surface area contributed by atoms with Gasteiger partial charge in [-0.15, -0.1) is 0 Å². The molecule has 0 spiro atoms. The van der Waals surface area contributed by atoms with Gasteiger partial charge in [-0.1, -0.05) is 18.2 Å². The highest BCUT2D eigenvalue weighted by atomic mass is 16.5. The molecule has 1 saturated heterocycles. The standard InChI is InChI=1S/C19H26N2O4/c1-24-16-8-4-3-7-15(16)19(9-10-19)13-20-17(22)14-6-5-11-21(12-14)18(23)25-2/h3-4,7-8,14H,5-6,9-13H2,1-2H3,(H,20,22)/t14-/m0/s1. The molecule has 0 aromatic heterocycles. The zero-order valence-electron chi connectivity index (χ0n) is 14.9. The molecule has 1 saturated carbocycles.